The molecule has 0 aliphatic heterocycles. The van der Waals surface area contributed by atoms with Crippen LogP contribution in [0, 0.1) is 11.6 Å². The van der Waals surface area contributed by atoms with Crippen molar-refractivity contribution in [2.75, 3.05) is 4.90 Å². The number of carboxylic acid groups (broad SMARTS) is 1. The zero-order chi connectivity index (χ0) is 16.3. The van der Waals surface area contributed by atoms with Gasteiger partial charge in [-0.1, -0.05) is 18.2 Å². The molecule has 0 spiro atoms. The molecule has 114 valence electrons. The number of nitrogens with zero attached hydrogens (tertiary/aromatic N) is 1. The first-order valence-electron chi connectivity index (χ1n) is 6.48. The van der Waals surface area contributed by atoms with Crippen LogP contribution in [0.25, 0.3) is 0 Å². The van der Waals surface area contributed by atoms with E-state index in [0.717, 1.165) is 17.0 Å². The Labute approximate surface area is 125 Å². The third-order valence-corrected chi connectivity index (χ3v) is 3.17. The first kappa shape index (κ1) is 15.6. The second kappa shape index (κ2) is 6.34. The average molecular weight is 305 g/mol. The minimum absolute atomic E-state index is 0.0253. The molecular weight excluding hydrogens is 292 g/mol. The van der Waals surface area contributed by atoms with Crippen molar-refractivity contribution in [1.82, 2.24) is 0 Å². The number of hydrogen-bond donors (Lipinski definition) is 1. The second-order valence-corrected chi connectivity index (χ2v) is 4.65. The lowest BCUT2D eigenvalue weighted by Gasteiger charge is -2.26. The van der Waals surface area contributed by atoms with E-state index >= 15 is 0 Å². The second-order valence-electron chi connectivity index (χ2n) is 4.65. The molecule has 1 unspecified atom stereocenters. The van der Waals surface area contributed by atoms with Crippen molar-refractivity contribution < 1.29 is 23.5 Å². The van der Waals surface area contributed by atoms with Crippen LogP contribution in [-0.4, -0.2) is 23.0 Å². The summed E-state index contributed by atoms with van der Waals surface area (Å²) < 4.78 is 26.5. The molecule has 0 aromatic heterocycles. The molecule has 22 heavy (non-hydrogen) atoms. The fourth-order valence-electron chi connectivity index (χ4n) is 1.98. The van der Waals surface area contributed by atoms with Crippen molar-refractivity contribution in [3.8, 4) is 0 Å². The summed E-state index contributed by atoms with van der Waals surface area (Å²) in [7, 11) is 0. The molecule has 1 N–H and O–H groups in total. The Hall–Kier alpha value is -2.76. The summed E-state index contributed by atoms with van der Waals surface area (Å²) in [6, 6.07) is 9.58. The highest BCUT2D eigenvalue weighted by atomic mass is 19.2. The van der Waals surface area contributed by atoms with Gasteiger partial charge in [0.15, 0.2) is 11.6 Å². The number of halogens is 2. The molecule has 0 bridgehead atoms. The Morgan fingerprint density at radius 2 is 1.68 bits per heavy atom. The van der Waals surface area contributed by atoms with E-state index in [2.05, 4.69) is 0 Å². The summed E-state index contributed by atoms with van der Waals surface area (Å²) in [5.74, 6) is -4.09. The van der Waals surface area contributed by atoms with E-state index < -0.39 is 29.6 Å². The van der Waals surface area contributed by atoms with Gasteiger partial charge < -0.3 is 5.11 Å². The number of amides is 1. The standard InChI is InChI=1S/C16H13F2NO3/c1-10(16(21)22)19(12-7-8-13(17)14(18)9-12)15(20)11-5-3-2-4-6-11/h2-10H,1H3,(H,21,22). The van der Waals surface area contributed by atoms with E-state index in [0.29, 0.717) is 0 Å². The predicted octanol–water partition coefficient (Wildman–Crippen LogP) is 3.08. The molecule has 0 radical (unpaired) electrons. The van der Waals surface area contributed by atoms with Crippen LogP contribution < -0.4 is 4.90 Å². The molecule has 1 amide bonds. The van der Waals surface area contributed by atoms with Crippen LogP contribution in [0.5, 0.6) is 0 Å². The SMILES string of the molecule is CC(C(=O)O)N(C(=O)c1ccccc1)c1ccc(F)c(F)c1. The largest absolute Gasteiger partial charge is 0.480 e. The van der Waals surface area contributed by atoms with E-state index in [1.807, 2.05) is 0 Å². The van der Waals surface area contributed by atoms with Crippen molar-refractivity contribution in [3.63, 3.8) is 0 Å². The van der Waals surface area contributed by atoms with Gasteiger partial charge >= 0.3 is 5.97 Å². The minimum Gasteiger partial charge on any atom is -0.480 e. The lowest BCUT2D eigenvalue weighted by atomic mass is 10.1. The molecule has 1 atom stereocenters. The zero-order valence-corrected chi connectivity index (χ0v) is 11.7. The summed E-state index contributed by atoms with van der Waals surface area (Å²) in [5.41, 5.74) is 0.225. The molecule has 0 heterocycles. The smallest absolute Gasteiger partial charge is 0.326 e. The lowest BCUT2D eigenvalue weighted by Crippen LogP contribution is -2.43. The number of carboxylic acids is 1. The molecular formula is C16H13F2NO3. The average Bonchev–Trinajstić information content (AvgIpc) is 2.51. The fraction of sp³-hybridized carbons (Fsp3) is 0.125. The fourth-order valence-corrected chi connectivity index (χ4v) is 1.98. The maximum Gasteiger partial charge on any atom is 0.326 e. The van der Waals surface area contributed by atoms with Crippen molar-refractivity contribution in [2.24, 2.45) is 0 Å². The topological polar surface area (TPSA) is 57.6 Å². The van der Waals surface area contributed by atoms with Gasteiger partial charge in [-0.05, 0) is 31.2 Å². The number of benzene rings is 2. The third kappa shape index (κ3) is 3.11. The Kier molecular flexibility index (Phi) is 4.50. The van der Waals surface area contributed by atoms with Crippen molar-refractivity contribution in [1.29, 1.82) is 0 Å². The highest BCUT2D eigenvalue weighted by Gasteiger charge is 2.28. The van der Waals surface area contributed by atoms with Crippen LogP contribution in [0.1, 0.15) is 17.3 Å². The van der Waals surface area contributed by atoms with E-state index in [1.54, 1.807) is 18.2 Å². The molecule has 0 aliphatic rings. The maximum atomic E-state index is 13.4. The summed E-state index contributed by atoms with van der Waals surface area (Å²) >= 11 is 0. The van der Waals surface area contributed by atoms with Gasteiger partial charge in [-0.25, -0.2) is 13.6 Å². The minimum atomic E-state index is -1.26. The van der Waals surface area contributed by atoms with Gasteiger partial charge in [0.2, 0.25) is 0 Å². The summed E-state index contributed by atoms with van der Waals surface area (Å²) in [6.45, 7) is 1.30. The van der Waals surface area contributed by atoms with Crippen molar-refractivity contribution in [3.05, 3.63) is 65.7 Å². The molecule has 4 nitrogen and oxygen atoms in total. The summed E-state index contributed by atoms with van der Waals surface area (Å²) in [5, 5.41) is 9.17. The number of aliphatic carboxylic acids is 1. The molecule has 2 aromatic rings. The predicted molar refractivity (Wildman–Crippen MR) is 76.7 cm³/mol. The highest BCUT2D eigenvalue weighted by molar-refractivity contribution is 6.09. The van der Waals surface area contributed by atoms with Gasteiger partial charge in [0.05, 0.1) is 0 Å². The van der Waals surface area contributed by atoms with Gasteiger partial charge in [0.25, 0.3) is 5.91 Å². The number of hydrogen-bond acceptors (Lipinski definition) is 2. The molecule has 0 fully saturated rings. The van der Waals surface area contributed by atoms with Crippen LogP contribution >= 0.6 is 0 Å². The van der Waals surface area contributed by atoms with Crippen LogP contribution in [0.3, 0.4) is 0 Å². The van der Waals surface area contributed by atoms with Gasteiger partial charge in [-0.3, -0.25) is 9.69 Å². The summed E-state index contributed by atoms with van der Waals surface area (Å²) in [6.07, 6.45) is 0. The van der Waals surface area contributed by atoms with Crippen molar-refractivity contribution >= 4 is 17.6 Å². The van der Waals surface area contributed by atoms with Gasteiger partial charge in [-0.15, -0.1) is 0 Å². The molecule has 0 aliphatic carbocycles. The Morgan fingerprint density at radius 3 is 2.23 bits per heavy atom. The van der Waals surface area contributed by atoms with E-state index in [9.17, 15) is 23.5 Å². The van der Waals surface area contributed by atoms with Crippen LogP contribution in [0.2, 0.25) is 0 Å². The zero-order valence-electron chi connectivity index (χ0n) is 11.7. The van der Waals surface area contributed by atoms with Gasteiger partial charge in [0, 0.05) is 17.3 Å². The third-order valence-electron chi connectivity index (χ3n) is 3.17. The van der Waals surface area contributed by atoms with Crippen LogP contribution in [0.4, 0.5) is 14.5 Å². The first-order chi connectivity index (χ1) is 10.4. The Balaban J connectivity index is 2.49. The quantitative estimate of drug-likeness (QED) is 0.944. The van der Waals surface area contributed by atoms with Crippen LogP contribution in [0.15, 0.2) is 48.5 Å². The highest BCUT2D eigenvalue weighted by Crippen LogP contribution is 2.22. The molecule has 6 heteroatoms. The van der Waals surface area contributed by atoms with Crippen LogP contribution in [-0.2, 0) is 4.79 Å². The van der Waals surface area contributed by atoms with Gasteiger partial charge in [0.1, 0.15) is 6.04 Å². The summed E-state index contributed by atoms with van der Waals surface area (Å²) in [4.78, 5) is 24.7. The Morgan fingerprint density at radius 1 is 1.05 bits per heavy atom. The van der Waals surface area contributed by atoms with Crippen molar-refractivity contribution in [2.45, 2.75) is 13.0 Å². The molecule has 2 rings (SSSR count). The number of carbonyl (C=O) groups is 2. The molecule has 0 saturated heterocycles. The maximum absolute atomic E-state index is 13.4. The monoisotopic (exact) mass is 305 g/mol. The van der Waals surface area contributed by atoms with E-state index in [4.69, 9.17) is 0 Å². The molecule has 0 saturated carbocycles. The normalized spacial score (nSPS) is 11.8. The Bertz CT molecular complexity index is 704. The lowest BCUT2D eigenvalue weighted by molar-refractivity contribution is -0.138. The first-order valence-corrected chi connectivity index (χ1v) is 6.48. The number of rotatable bonds is 4. The van der Waals surface area contributed by atoms with E-state index in [1.165, 1.54) is 25.1 Å². The number of carbonyl (C=O) groups excluding carboxylic acids is 1. The van der Waals surface area contributed by atoms with E-state index in [-0.39, 0.29) is 11.3 Å². The molecule has 2 aromatic carbocycles. The number of anilines is 1. The van der Waals surface area contributed by atoms with Gasteiger partial charge in [-0.2, -0.15) is 0 Å².